The molecule has 0 radical (unpaired) electrons. The maximum absolute atomic E-state index is 5.07. The molecule has 0 fully saturated rings. The van der Waals surface area contributed by atoms with Gasteiger partial charge < -0.3 is 10.1 Å². The van der Waals surface area contributed by atoms with Gasteiger partial charge in [0.15, 0.2) is 0 Å². The van der Waals surface area contributed by atoms with E-state index in [0.717, 1.165) is 6.54 Å². The second kappa shape index (κ2) is 4.94. The molecule has 0 atom stereocenters. The first-order valence-electron chi connectivity index (χ1n) is 6.06. The minimum atomic E-state index is 0.584. The Morgan fingerprint density at radius 1 is 1.44 bits per heavy atom. The molecule has 0 bridgehead atoms. The van der Waals surface area contributed by atoms with Gasteiger partial charge in [0.2, 0.25) is 11.8 Å². The lowest BCUT2D eigenvalue weighted by atomic mass is 10.2. The summed E-state index contributed by atoms with van der Waals surface area (Å²) in [6.45, 7) is 0.783. The predicted octanol–water partition coefficient (Wildman–Crippen LogP) is 2.65. The van der Waals surface area contributed by atoms with Crippen LogP contribution in [0.15, 0.2) is 18.3 Å². The number of thiophene rings is 1. The molecule has 1 N–H and O–H groups in total. The third-order valence-corrected chi connectivity index (χ3v) is 4.29. The number of aryl methyl sites for hydroxylation is 2. The Morgan fingerprint density at radius 3 is 3.22 bits per heavy atom. The standard InChI is InChI=1S/C13H15N3OS/c1-17-12-5-6-14-13(16-12)15-8-10-7-9-3-2-4-11(9)18-10/h5-7H,2-4,8H2,1H3,(H,14,15,16). The molecule has 5 heteroatoms. The van der Waals surface area contributed by atoms with E-state index in [1.165, 1.54) is 29.7 Å². The summed E-state index contributed by atoms with van der Waals surface area (Å²) in [5.74, 6) is 1.20. The molecular weight excluding hydrogens is 246 g/mol. The molecule has 2 aromatic heterocycles. The summed E-state index contributed by atoms with van der Waals surface area (Å²) in [5, 5.41) is 3.23. The fourth-order valence-corrected chi connectivity index (χ4v) is 3.39. The predicted molar refractivity (Wildman–Crippen MR) is 72.3 cm³/mol. The van der Waals surface area contributed by atoms with E-state index in [0.29, 0.717) is 11.8 Å². The lowest BCUT2D eigenvalue weighted by Gasteiger charge is -2.04. The van der Waals surface area contributed by atoms with Crippen LogP contribution < -0.4 is 10.1 Å². The van der Waals surface area contributed by atoms with Crippen molar-refractivity contribution in [3.63, 3.8) is 0 Å². The van der Waals surface area contributed by atoms with E-state index in [9.17, 15) is 0 Å². The van der Waals surface area contributed by atoms with Crippen molar-refractivity contribution in [1.29, 1.82) is 0 Å². The lowest BCUT2D eigenvalue weighted by molar-refractivity contribution is 0.397. The van der Waals surface area contributed by atoms with E-state index >= 15 is 0 Å². The summed E-state index contributed by atoms with van der Waals surface area (Å²) < 4.78 is 5.07. The fourth-order valence-electron chi connectivity index (χ4n) is 2.18. The van der Waals surface area contributed by atoms with Crippen LogP contribution >= 0.6 is 11.3 Å². The molecule has 0 saturated heterocycles. The maximum Gasteiger partial charge on any atom is 0.226 e. The Kier molecular flexibility index (Phi) is 3.15. The summed E-state index contributed by atoms with van der Waals surface area (Å²) in [5.41, 5.74) is 1.53. The molecule has 0 aliphatic heterocycles. The summed E-state index contributed by atoms with van der Waals surface area (Å²) in [6, 6.07) is 4.05. The molecule has 2 heterocycles. The summed E-state index contributed by atoms with van der Waals surface area (Å²) in [7, 11) is 1.61. The Bertz CT molecular complexity index is 531. The van der Waals surface area contributed by atoms with Crippen molar-refractivity contribution in [2.24, 2.45) is 0 Å². The van der Waals surface area contributed by atoms with E-state index in [1.54, 1.807) is 24.3 Å². The molecule has 0 aromatic carbocycles. The van der Waals surface area contributed by atoms with Crippen molar-refractivity contribution in [3.05, 3.63) is 33.6 Å². The van der Waals surface area contributed by atoms with E-state index in [2.05, 4.69) is 21.4 Å². The van der Waals surface area contributed by atoms with Gasteiger partial charge in [-0.05, 0) is 30.9 Å². The van der Waals surface area contributed by atoms with E-state index < -0.39 is 0 Å². The SMILES string of the molecule is COc1ccnc(NCc2cc3c(s2)CCC3)n1. The minimum absolute atomic E-state index is 0.584. The normalized spacial score (nSPS) is 13.4. The molecule has 1 aliphatic carbocycles. The van der Waals surface area contributed by atoms with Gasteiger partial charge in [0.05, 0.1) is 13.7 Å². The largest absolute Gasteiger partial charge is 0.481 e. The number of fused-ring (bicyclic) bond motifs is 1. The highest BCUT2D eigenvalue weighted by Gasteiger charge is 2.14. The zero-order valence-corrected chi connectivity index (χ0v) is 11.1. The van der Waals surface area contributed by atoms with Crippen LogP contribution in [-0.4, -0.2) is 17.1 Å². The Morgan fingerprint density at radius 2 is 2.39 bits per heavy atom. The number of aromatic nitrogens is 2. The average molecular weight is 261 g/mol. The minimum Gasteiger partial charge on any atom is -0.481 e. The van der Waals surface area contributed by atoms with Gasteiger partial charge in [0, 0.05) is 22.0 Å². The molecule has 3 rings (SSSR count). The van der Waals surface area contributed by atoms with Crippen LogP contribution in [0.1, 0.15) is 21.7 Å². The van der Waals surface area contributed by atoms with Gasteiger partial charge in [-0.25, -0.2) is 4.98 Å². The van der Waals surface area contributed by atoms with Crippen molar-refractivity contribution >= 4 is 17.3 Å². The number of ether oxygens (including phenoxy) is 1. The first-order chi connectivity index (χ1) is 8.85. The summed E-state index contributed by atoms with van der Waals surface area (Å²) in [6.07, 6.45) is 5.49. The van der Waals surface area contributed by atoms with Gasteiger partial charge in [0.1, 0.15) is 0 Å². The van der Waals surface area contributed by atoms with Crippen molar-refractivity contribution in [2.45, 2.75) is 25.8 Å². The summed E-state index contributed by atoms with van der Waals surface area (Å²) in [4.78, 5) is 11.3. The van der Waals surface area contributed by atoms with Crippen LogP contribution in [0.4, 0.5) is 5.95 Å². The van der Waals surface area contributed by atoms with E-state index in [1.807, 2.05) is 11.3 Å². The second-order valence-electron chi connectivity index (χ2n) is 4.29. The Hall–Kier alpha value is -1.62. The lowest BCUT2D eigenvalue weighted by Crippen LogP contribution is -2.02. The molecule has 0 saturated carbocycles. The molecule has 0 unspecified atom stereocenters. The molecule has 2 aromatic rings. The van der Waals surface area contributed by atoms with Crippen LogP contribution in [0.2, 0.25) is 0 Å². The van der Waals surface area contributed by atoms with Gasteiger partial charge in [0.25, 0.3) is 0 Å². The van der Waals surface area contributed by atoms with Crippen LogP contribution in [0.25, 0.3) is 0 Å². The van der Waals surface area contributed by atoms with Crippen LogP contribution in [0.5, 0.6) is 5.88 Å². The molecule has 94 valence electrons. The number of rotatable bonds is 4. The zero-order valence-electron chi connectivity index (χ0n) is 10.3. The highest BCUT2D eigenvalue weighted by Crippen LogP contribution is 2.30. The number of nitrogens with one attached hydrogen (secondary N) is 1. The quantitative estimate of drug-likeness (QED) is 0.919. The second-order valence-corrected chi connectivity index (χ2v) is 5.51. The number of anilines is 1. The topological polar surface area (TPSA) is 47.0 Å². The number of hydrogen-bond acceptors (Lipinski definition) is 5. The maximum atomic E-state index is 5.07. The number of nitrogens with zero attached hydrogens (tertiary/aromatic N) is 2. The van der Waals surface area contributed by atoms with Crippen molar-refractivity contribution < 1.29 is 4.74 Å². The van der Waals surface area contributed by atoms with Gasteiger partial charge in [-0.3, -0.25) is 0 Å². The van der Waals surface area contributed by atoms with Crippen molar-refractivity contribution in [1.82, 2.24) is 9.97 Å². The fraction of sp³-hybridized carbons (Fsp3) is 0.385. The Labute approximate surface area is 110 Å². The van der Waals surface area contributed by atoms with Crippen LogP contribution in [0, 0.1) is 0 Å². The van der Waals surface area contributed by atoms with Crippen molar-refractivity contribution in [2.75, 3.05) is 12.4 Å². The van der Waals surface area contributed by atoms with Crippen molar-refractivity contribution in [3.8, 4) is 5.88 Å². The molecular formula is C13H15N3OS. The molecule has 1 aliphatic rings. The average Bonchev–Trinajstić information content (AvgIpc) is 2.97. The molecule has 0 amide bonds. The van der Waals surface area contributed by atoms with Gasteiger partial charge >= 0.3 is 0 Å². The van der Waals surface area contributed by atoms with Gasteiger partial charge in [-0.2, -0.15) is 4.98 Å². The van der Waals surface area contributed by atoms with E-state index in [-0.39, 0.29) is 0 Å². The number of hydrogen-bond donors (Lipinski definition) is 1. The smallest absolute Gasteiger partial charge is 0.226 e. The molecule has 4 nitrogen and oxygen atoms in total. The van der Waals surface area contributed by atoms with E-state index in [4.69, 9.17) is 4.74 Å². The third kappa shape index (κ3) is 2.31. The summed E-state index contributed by atoms with van der Waals surface area (Å²) >= 11 is 1.90. The highest BCUT2D eigenvalue weighted by atomic mass is 32.1. The van der Waals surface area contributed by atoms with Crippen LogP contribution in [0.3, 0.4) is 0 Å². The Balaban J connectivity index is 1.66. The third-order valence-electron chi connectivity index (χ3n) is 3.06. The molecule has 0 spiro atoms. The van der Waals surface area contributed by atoms with Gasteiger partial charge in [-0.1, -0.05) is 0 Å². The van der Waals surface area contributed by atoms with Crippen LogP contribution in [-0.2, 0) is 19.4 Å². The molecule has 18 heavy (non-hydrogen) atoms. The monoisotopic (exact) mass is 261 g/mol. The number of methoxy groups -OCH3 is 1. The first-order valence-corrected chi connectivity index (χ1v) is 6.88. The highest BCUT2D eigenvalue weighted by molar-refractivity contribution is 7.12. The first kappa shape index (κ1) is 11.5. The van der Waals surface area contributed by atoms with Gasteiger partial charge in [-0.15, -0.1) is 11.3 Å². The zero-order chi connectivity index (χ0) is 12.4.